The predicted molar refractivity (Wildman–Crippen MR) is 70.4 cm³/mol. The van der Waals surface area contributed by atoms with Gasteiger partial charge in [0.15, 0.2) is 0 Å². The molecule has 0 radical (unpaired) electrons. The summed E-state index contributed by atoms with van der Waals surface area (Å²) in [5.74, 6) is 0. The number of nitrogens with one attached hydrogen (secondary N) is 1. The van der Waals surface area contributed by atoms with Gasteiger partial charge in [-0.25, -0.2) is 0 Å². The Morgan fingerprint density at radius 1 is 0.533 bits per heavy atom. The van der Waals surface area contributed by atoms with Crippen molar-refractivity contribution in [3.8, 4) is 0 Å². The maximum absolute atomic E-state index is 3.45. The van der Waals surface area contributed by atoms with Crippen LogP contribution in [0.3, 0.4) is 0 Å². The van der Waals surface area contributed by atoms with Gasteiger partial charge in [-0.3, -0.25) is 0 Å². The maximum atomic E-state index is 3.45. The Hall–Kier alpha value is -0.0400. The molecule has 0 bridgehead atoms. The smallest absolute Gasteiger partial charge is 0.00489 e. The Kier molecular flexibility index (Phi) is 13.9. The minimum absolute atomic E-state index is 1.19. The second-order valence-corrected chi connectivity index (χ2v) is 4.58. The van der Waals surface area contributed by atoms with Gasteiger partial charge < -0.3 is 5.32 Å². The van der Waals surface area contributed by atoms with E-state index in [4.69, 9.17) is 0 Å². The number of rotatable bonds is 12. The van der Waals surface area contributed by atoms with Crippen molar-refractivity contribution in [1.29, 1.82) is 0 Å². The first-order valence-corrected chi connectivity index (χ1v) is 7.12. The van der Waals surface area contributed by atoms with Gasteiger partial charge in [0.05, 0.1) is 0 Å². The Bertz CT molecular complexity index is 89.5. The van der Waals surface area contributed by atoms with E-state index >= 15 is 0 Å². The molecule has 0 aromatic heterocycles. The first-order valence-electron chi connectivity index (χ1n) is 7.12. The highest BCUT2D eigenvalue weighted by atomic mass is 14.8. The Labute approximate surface area is 97.0 Å². The lowest BCUT2D eigenvalue weighted by Gasteiger charge is -2.03. The van der Waals surface area contributed by atoms with E-state index in [0.717, 1.165) is 0 Å². The average molecular weight is 213 g/mol. The highest BCUT2D eigenvalue weighted by Gasteiger charge is 1.91. The normalized spacial score (nSPS) is 10.8. The zero-order chi connectivity index (χ0) is 11.2. The van der Waals surface area contributed by atoms with Crippen molar-refractivity contribution in [3.05, 3.63) is 0 Å². The van der Waals surface area contributed by atoms with Gasteiger partial charge in [0.2, 0.25) is 0 Å². The summed E-state index contributed by atoms with van der Waals surface area (Å²) in [7, 11) is 0. The maximum Gasteiger partial charge on any atom is -0.00489 e. The molecule has 0 fully saturated rings. The minimum atomic E-state index is 1.19. The van der Waals surface area contributed by atoms with Crippen molar-refractivity contribution in [2.75, 3.05) is 13.1 Å². The van der Waals surface area contributed by atoms with Gasteiger partial charge in [0.1, 0.15) is 0 Å². The second-order valence-electron chi connectivity index (χ2n) is 4.58. The Morgan fingerprint density at radius 3 is 1.60 bits per heavy atom. The van der Waals surface area contributed by atoms with E-state index in [1.807, 2.05) is 0 Å². The van der Waals surface area contributed by atoms with Gasteiger partial charge in [-0.1, -0.05) is 65.2 Å². The molecule has 1 N–H and O–H groups in total. The van der Waals surface area contributed by atoms with Crippen molar-refractivity contribution >= 4 is 0 Å². The summed E-state index contributed by atoms with van der Waals surface area (Å²) in [5.41, 5.74) is 0. The van der Waals surface area contributed by atoms with Crippen molar-refractivity contribution in [1.82, 2.24) is 5.32 Å². The van der Waals surface area contributed by atoms with Crippen LogP contribution in [0.15, 0.2) is 0 Å². The van der Waals surface area contributed by atoms with Gasteiger partial charge in [-0.2, -0.15) is 0 Å². The highest BCUT2D eigenvalue weighted by Crippen LogP contribution is 2.08. The Balaban J connectivity index is 2.81. The highest BCUT2D eigenvalue weighted by molar-refractivity contribution is 4.49. The molecule has 0 aromatic rings. The molecule has 0 saturated heterocycles. The number of hydrogen-bond acceptors (Lipinski definition) is 1. The van der Waals surface area contributed by atoms with Crippen molar-refractivity contribution in [2.24, 2.45) is 0 Å². The number of hydrogen-bond donors (Lipinski definition) is 1. The van der Waals surface area contributed by atoms with Crippen LogP contribution in [0, 0.1) is 0 Å². The van der Waals surface area contributed by atoms with Crippen LogP contribution in [0.1, 0.15) is 78.1 Å². The van der Waals surface area contributed by atoms with Gasteiger partial charge in [-0.15, -0.1) is 0 Å². The zero-order valence-electron chi connectivity index (χ0n) is 11.0. The summed E-state index contributed by atoms with van der Waals surface area (Å²) in [6.45, 7) is 6.92. The third-order valence-electron chi connectivity index (χ3n) is 2.88. The third-order valence-corrected chi connectivity index (χ3v) is 2.88. The summed E-state index contributed by atoms with van der Waals surface area (Å²) >= 11 is 0. The molecule has 0 aliphatic rings. The van der Waals surface area contributed by atoms with Crippen LogP contribution < -0.4 is 5.32 Å². The fraction of sp³-hybridized carbons (Fsp3) is 1.00. The molecular weight excluding hydrogens is 182 g/mol. The molecule has 1 heteroatoms. The zero-order valence-corrected chi connectivity index (χ0v) is 11.0. The molecule has 92 valence electrons. The van der Waals surface area contributed by atoms with E-state index in [-0.39, 0.29) is 0 Å². The van der Waals surface area contributed by atoms with E-state index in [2.05, 4.69) is 19.2 Å². The summed E-state index contributed by atoms with van der Waals surface area (Å²) in [6.07, 6.45) is 14.1. The van der Waals surface area contributed by atoms with Gasteiger partial charge in [-0.05, 0) is 25.9 Å². The van der Waals surface area contributed by atoms with Gasteiger partial charge in [0, 0.05) is 0 Å². The molecule has 0 atom stereocenters. The second kappa shape index (κ2) is 14.0. The fourth-order valence-corrected chi connectivity index (χ4v) is 1.86. The average Bonchev–Trinajstić information content (AvgIpc) is 2.26. The van der Waals surface area contributed by atoms with Gasteiger partial charge >= 0.3 is 0 Å². The molecule has 0 amide bonds. The summed E-state index contributed by atoms with van der Waals surface area (Å²) in [5, 5.41) is 3.45. The van der Waals surface area contributed by atoms with Crippen LogP contribution in [-0.4, -0.2) is 13.1 Å². The summed E-state index contributed by atoms with van der Waals surface area (Å²) in [4.78, 5) is 0. The SMILES string of the molecule is CCCCCCCCCCCNCCC. The van der Waals surface area contributed by atoms with Crippen LogP contribution in [0.4, 0.5) is 0 Å². The predicted octanol–water partition coefficient (Wildman–Crippen LogP) is 4.52. The van der Waals surface area contributed by atoms with Crippen molar-refractivity contribution in [2.45, 2.75) is 78.1 Å². The molecule has 0 unspecified atom stereocenters. The quantitative estimate of drug-likeness (QED) is 0.470. The first kappa shape index (κ1) is 15.0. The van der Waals surface area contributed by atoms with Crippen molar-refractivity contribution < 1.29 is 0 Å². The monoisotopic (exact) mass is 213 g/mol. The molecule has 15 heavy (non-hydrogen) atoms. The largest absolute Gasteiger partial charge is 0.317 e. The third kappa shape index (κ3) is 14.0. The number of unbranched alkanes of at least 4 members (excludes halogenated alkanes) is 8. The lowest BCUT2D eigenvalue weighted by molar-refractivity contribution is 0.548. The van der Waals surface area contributed by atoms with Crippen LogP contribution in [0.2, 0.25) is 0 Å². The topological polar surface area (TPSA) is 12.0 Å². The molecule has 0 rings (SSSR count). The standard InChI is InChI=1S/C14H31N/c1-3-5-6-7-8-9-10-11-12-14-15-13-4-2/h15H,3-14H2,1-2H3. The van der Waals surface area contributed by atoms with E-state index in [0.29, 0.717) is 0 Å². The van der Waals surface area contributed by atoms with Crippen LogP contribution in [0.5, 0.6) is 0 Å². The first-order chi connectivity index (χ1) is 7.41. The lowest BCUT2D eigenvalue weighted by Crippen LogP contribution is -2.15. The van der Waals surface area contributed by atoms with Crippen LogP contribution in [0.25, 0.3) is 0 Å². The van der Waals surface area contributed by atoms with Gasteiger partial charge in [0.25, 0.3) is 0 Å². The van der Waals surface area contributed by atoms with Crippen LogP contribution >= 0.6 is 0 Å². The molecule has 0 spiro atoms. The molecule has 0 aliphatic heterocycles. The van der Waals surface area contributed by atoms with E-state index in [9.17, 15) is 0 Å². The minimum Gasteiger partial charge on any atom is -0.317 e. The summed E-state index contributed by atoms with van der Waals surface area (Å²) in [6, 6.07) is 0. The lowest BCUT2D eigenvalue weighted by atomic mass is 10.1. The summed E-state index contributed by atoms with van der Waals surface area (Å²) < 4.78 is 0. The molecule has 1 nitrogen and oxygen atoms in total. The fourth-order valence-electron chi connectivity index (χ4n) is 1.86. The van der Waals surface area contributed by atoms with Crippen LogP contribution in [-0.2, 0) is 0 Å². The van der Waals surface area contributed by atoms with Crippen molar-refractivity contribution in [3.63, 3.8) is 0 Å². The van der Waals surface area contributed by atoms with E-state index in [1.165, 1.54) is 77.3 Å². The van der Waals surface area contributed by atoms with E-state index in [1.54, 1.807) is 0 Å². The molecular formula is C14H31N. The molecule has 0 heterocycles. The Morgan fingerprint density at radius 2 is 1.07 bits per heavy atom. The van der Waals surface area contributed by atoms with E-state index < -0.39 is 0 Å². The molecule has 0 saturated carbocycles. The molecule has 0 aromatic carbocycles. The molecule has 0 aliphatic carbocycles.